The Hall–Kier alpha value is -3.60. The fourth-order valence-electron chi connectivity index (χ4n) is 3.84. The number of aromatic nitrogens is 1. The Kier molecular flexibility index (Phi) is 8.55. The van der Waals surface area contributed by atoms with Crippen LogP contribution in [0, 0.1) is 6.92 Å². The fourth-order valence-corrected chi connectivity index (χ4v) is 6.32. The van der Waals surface area contributed by atoms with E-state index in [1.807, 2.05) is 56.3 Å². The number of anilines is 1. The number of hydrogen-bond donors (Lipinski definition) is 0. The minimum atomic E-state index is -3.63. The van der Waals surface area contributed by atoms with Gasteiger partial charge in [0.15, 0.2) is 0 Å². The van der Waals surface area contributed by atoms with Crippen LogP contribution in [0.25, 0.3) is 10.2 Å². The van der Waals surface area contributed by atoms with Crippen molar-refractivity contribution in [2.45, 2.75) is 32.6 Å². The molecule has 4 rings (SSSR count). The Bertz CT molecular complexity index is 1540. The number of nitrogens with zero attached hydrogens (tertiary/aromatic N) is 4. The third-order valence-electron chi connectivity index (χ3n) is 5.86. The number of fused-ring (bicyclic) bond motifs is 1. The number of rotatable bonds is 10. The van der Waals surface area contributed by atoms with Gasteiger partial charge in [0.25, 0.3) is 5.91 Å². The molecule has 10 heteroatoms. The first kappa shape index (κ1) is 27.4. The highest BCUT2D eigenvalue weighted by Crippen LogP contribution is 2.31. The number of benzene rings is 3. The Morgan fingerprint density at radius 1 is 1.00 bits per heavy atom. The second kappa shape index (κ2) is 11.8. The Balaban J connectivity index is 1.69. The lowest BCUT2D eigenvalue weighted by Crippen LogP contribution is -2.30. The first-order chi connectivity index (χ1) is 18.3. The third-order valence-corrected chi connectivity index (χ3v) is 8.92. The van der Waals surface area contributed by atoms with Gasteiger partial charge in [0.1, 0.15) is 5.75 Å². The van der Waals surface area contributed by atoms with E-state index in [2.05, 4.69) is 10.1 Å². The highest BCUT2D eigenvalue weighted by atomic mass is 32.2. The number of sulfonamides is 1. The predicted molar refractivity (Wildman–Crippen MR) is 153 cm³/mol. The number of hydrogen-bond acceptors (Lipinski definition) is 7. The van der Waals surface area contributed by atoms with Crippen LogP contribution in [0.3, 0.4) is 0 Å². The van der Waals surface area contributed by atoms with E-state index in [-0.39, 0.29) is 4.90 Å². The van der Waals surface area contributed by atoms with Crippen LogP contribution in [0.1, 0.15) is 42.3 Å². The molecule has 0 unspecified atom stereocenters. The Labute approximate surface area is 227 Å². The zero-order valence-electron chi connectivity index (χ0n) is 21.8. The minimum Gasteiger partial charge on any atom is -0.494 e. The standard InChI is InChI=1S/C28H30N4O4S2/c1-5-31(6-2)38(34,35)24-15-11-22(12-16-24)27(33)32(28-30-25-17-8-20(4)18-26(25)37-28)29-19-21-9-13-23(14-10-21)36-7-3/h8-19H,5-7H2,1-4H3/b29-19+. The van der Waals surface area contributed by atoms with Gasteiger partial charge < -0.3 is 4.74 Å². The third kappa shape index (κ3) is 5.93. The molecule has 3 aromatic carbocycles. The average molecular weight is 551 g/mol. The molecule has 1 amide bonds. The van der Waals surface area contributed by atoms with Crippen molar-refractivity contribution in [3.05, 3.63) is 83.4 Å². The summed E-state index contributed by atoms with van der Waals surface area (Å²) in [5.41, 5.74) is 2.94. The van der Waals surface area contributed by atoms with Crippen molar-refractivity contribution in [2.75, 3.05) is 24.7 Å². The van der Waals surface area contributed by atoms with E-state index in [1.54, 1.807) is 20.1 Å². The molecule has 0 saturated heterocycles. The van der Waals surface area contributed by atoms with Crippen LogP contribution in [0.15, 0.2) is 76.7 Å². The molecule has 0 aliphatic heterocycles. The fraction of sp³-hybridized carbons (Fsp3) is 0.250. The van der Waals surface area contributed by atoms with Gasteiger partial charge in [-0.3, -0.25) is 4.79 Å². The molecule has 0 aliphatic carbocycles. The summed E-state index contributed by atoms with van der Waals surface area (Å²) in [5, 5.41) is 6.17. The average Bonchev–Trinajstić information content (AvgIpc) is 3.33. The van der Waals surface area contributed by atoms with E-state index in [9.17, 15) is 13.2 Å². The monoisotopic (exact) mass is 550 g/mol. The van der Waals surface area contributed by atoms with Gasteiger partial charge in [-0.2, -0.15) is 14.4 Å². The second-order valence-corrected chi connectivity index (χ2v) is 11.4. The van der Waals surface area contributed by atoms with Gasteiger partial charge in [0.2, 0.25) is 15.2 Å². The maximum atomic E-state index is 13.7. The summed E-state index contributed by atoms with van der Waals surface area (Å²) in [6.07, 6.45) is 1.59. The maximum absolute atomic E-state index is 13.7. The molecule has 0 fully saturated rings. The molecule has 0 N–H and O–H groups in total. The van der Waals surface area contributed by atoms with E-state index in [4.69, 9.17) is 4.74 Å². The molecule has 0 spiro atoms. The van der Waals surface area contributed by atoms with Crippen molar-refractivity contribution in [1.82, 2.24) is 9.29 Å². The topological polar surface area (TPSA) is 92.2 Å². The Morgan fingerprint density at radius 3 is 2.32 bits per heavy atom. The highest BCUT2D eigenvalue weighted by molar-refractivity contribution is 7.89. The van der Waals surface area contributed by atoms with Crippen LogP contribution in [-0.4, -0.2) is 49.5 Å². The predicted octanol–water partition coefficient (Wildman–Crippen LogP) is 5.71. The van der Waals surface area contributed by atoms with Gasteiger partial charge in [0.05, 0.1) is 27.9 Å². The molecule has 1 heterocycles. The van der Waals surface area contributed by atoms with E-state index in [1.165, 1.54) is 44.9 Å². The van der Waals surface area contributed by atoms with Crippen LogP contribution >= 0.6 is 11.3 Å². The van der Waals surface area contributed by atoms with E-state index >= 15 is 0 Å². The molecule has 4 aromatic rings. The van der Waals surface area contributed by atoms with Crippen LogP contribution < -0.4 is 9.75 Å². The SMILES string of the molecule is CCOc1ccc(/C=N/N(C(=O)c2ccc(S(=O)(=O)N(CC)CC)cc2)c2nc3ccc(C)cc3s2)cc1. The quantitative estimate of drug-likeness (QED) is 0.186. The van der Waals surface area contributed by atoms with Crippen molar-refractivity contribution in [2.24, 2.45) is 5.10 Å². The molecule has 1 aromatic heterocycles. The van der Waals surface area contributed by atoms with E-state index in [0.29, 0.717) is 30.4 Å². The lowest BCUT2D eigenvalue weighted by molar-refractivity contribution is 0.0987. The van der Waals surface area contributed by atoms with Crippen LogP contribution in [0.2, 0.25) is 0 Å². The van der Waals surface area contributed by atoms with Gasteiger partial charge in [-0.05, 0) is 85.6 Å². The molecule has 0 aliphatic rings. The largest absolute Gasteiger partial charge is 0.494 e. The summed E-state index contributed by atoms with van der Waals surface area (Å²) >= 11 is 1.36. The van der Waals surface area contributed by atoms with Gasteiger partial charge >= 0.3 is 0 Å². The number of hydrazone groups is 1. The molecule has 38 heavy (non-hydrogen) atoms. The lowest BCUT2D eigenvalue weighted by atomic mass is 10.2. The molecule has 0 radical (unpaired) electrons. The number of thiazole rings is 1. The van der Waals surface area contributed by atoms with Gasteiger partial charge in [-0.1, -0.05) is 31.3 Å². The molecule has 0 bridgehead atoms. The van der Waals surface area contributed by atoms with Crippen LogP contribution in [0.4, 0.5) is 5.13 Å². The molecular weight excluding hydrogens is 520 g/mol. The van der Waals surface area contributed by atoms with Gasteiger partial charge in [-0.25, -0.2) is 13.4 Å². The molecule has 8 nitrogen and oxygen atoms in total. The first-order valence-corrected chi connectivity index (χ1v) is 14.6. The summed E-state index contributed by atoms with van der Waals surface area (Å²) in [4.78, 5) is 18.4. The van der Waals surface area contributed by atoms with Crippen molar-refractivity contribution < 1.29 is 17.9 Å². The van der Waals surface area contributed by atoms with Gasteiger partial charge in [-0.15, -0.1) is 0 Å². The molecular formula is C28H30N4O4S2. The Morgan fingerprint density at radius 2 is 1.68 bits per heavy atom. The first-order valence-electron chi connectivity index (χ1n) is 12.4. The minimum absolute atomic E-state index is 0.137. The van der Waals surface area contributed by atoms with Crippen molar-refractivity contribution in [3.63, 3.8) is 0 Å². The molecule has 198 valence electrons. The van der Waals surface area contributed by atoms with E-state index in [0.717, 1.165) is 27.1 Å². The number of amides is 1. The number of carbonyl (C=O) groups is 1. The number of carbonyl (C=O) groups excluding carboxylic acids is 1. The maximum Gasteiger partial charge on any atom is 0.280 e. The summed E-state index contributed by atoms with van der Waals surface area (Å²) in [5.74, 6) is 0.327. The highest BCUT2D eigenvalue weighted by Gasteiger charge is 2.24. The van der Waals surface area contributed by atoms with Crippen molar-refractivity contribution in [3.8, 4) is 5.75 Å². The summed E-state index contributed by atoms with van der Waals surface area (Å²) in [6.45, 7) is 8.80. The van der Waals surface area contributed by atoms with E-state index < -0.39 is 15.9 Å². The van der Waals surface area contributed by atoms with Crippen molar-refractivity contribution in [1.29, 1.82) is 0 Å². The zero-order chi connectivity index (χ0) is 27.3. The normalized spacial score (nSPS) is 11.9. The number of ether oxygens (including phenoxy) is 1. The number of aryl methyl sites for hydroxylation is 1. The van der Waals surface area contributed by atoms with Crippen molar-refractivity contribution >= 4 is 48.8 Å². The summed E-state index contributed by atoms with van der Waals surface area (Å²) < 4.78 is 33.6. The van der Waals surface area contributed by atoms with Crippen LogP contribution in [0.5, 0.6) is 5.75 Å². The van der Waals surface area contributed by atoms with Crippen LogP contribution in [-0.2, 0) is 10.0 Å². The molecule has 0 saturated carbocycles. The lowest BCUT2D eigenvalue weighted by Gasteiger charge is -2.19. The smallest absolute Gasteiger partial charge is 0.280 e. The molecule has 0 atom stereocenters. The van der Waals surface area contributed by atoms with Gasteiger partial charge in [0, 0.05) is 18.7 Å². The second-order valence-electron chi connectivity index (χ2n) is 8.44. The summed E-state index contributed by atoms with van der Waals surface area (Å²) in [6, 6.07) is 19.2. The summed E-state index contributed by atoms with van der Waals surface area (Å²) in [7, 11) is -3.63. The zero-order valence-corrected chi connectivity index (χ0v) is 23.4.